The SMILES string of the molecule is C=CC1CCN(C(=O)CC2(C(=O)O)CCC2)CC1. The van der Waals surface area contributed by atoms with E-state index in [-0.39, 0.29) is 12.3 Å². The van der Waals surface area contributed by atoms with Gasteiger partial charge in [-0.05, 0) is 31.6 Å². The number of allylic oxidation sites excluding steroid dienone is 1. The first kappa shape index (κ1) is 13.1. The van der Waals surface area contributed by atoms with Gasteiger partial charge in [0.15, 0.2) is 0 Å². The maximum absolute atomic E-state index is 12.1. The van der Waals surface area contributed by atoms with Crippen LogP contribution >= 0.6 is 0 Å². The van der Waals surface area contributed by atoms with Crippen molar-refractivity contribution in [3.8, 4) is 0 Å². The van der Waals surface area contributed by atoms with E-state index in [0.717, 1.165) is 32.4 Å². The Kier molecular flexibility index (Phi) is 3.73. The molecule has 1 saturated heterocycles. The smallest absolute Gasteiger partial charge is 0.310 e. The predicted molar refractivity (Wildman–Crippen MR) is 68.0 cm³/mol. The van der Waals surface area contributed by atoms with Gasteiger partial charge in [-0.2, -0.15) is 0 Å². The van der Waals surface area contributed by atoms with Crippen molar-refractivity contribution in [2.45, 2.75) is 38.5 Å². The van der Waals surface area contributed by atoms with Crippen LogP contribution in [-0.2, 0) is 9.59 Å². The molecular weight excluding hydrogens is 230 g/mol. The van der Waals surface area contributed by atoms with Crippen LogP contribution in [0.1, 0.15) is 38.5 Å². The Morgan fingerprint density at radius 1 is 1.33 bits per heavy atom. The Morgan fingerprint density at radius 3 is 2.33 bits per heavy atom. The van der Waals surface area contributed by atoms with Gasteiger partial charge in [-0.1, -0.05) is 12.5 Å². The number of carbonyl (C=O) groups is 2. The Bertz CT molecular complexity index is 352. The van der Waals surface area contributed by atoms with Crippen molar-refractivity contribution in [2.24, 2.45) is 11.3 Å². The van der Waals surface area contributed by atoms with Gasteiger partial charge in [-0.3, -0.25) is 9.59 Å². The number of aliphatic carboxylic acids is 1. The lowest BCUT2D eigenvalue weighted by molar-refractivity contribution is -0.159. The van der Waals surface area contributed by atoms with E-state index in [2.05, 4.69) is 6.58 Å². The number of hydrogen-bond acceptors (Lipinski definition) is 2. The number of carbonyl (C=O) groups excluding carboxylic acids is 1. The molecule has 100 valence electrons. The molecule has 0 bridgehead atoms. The van der Waals surface area contributed by atoms with Gasteiger partial charge in [-0.25, -0.2) is 0 Å². The fourth-order valence-corrected chi connectivity index (χ4v) is 2.86. The van der Waals surface area contributed by atoms with Crippen molar-refractivity contribution in [1.82, 2.24) is 4.90 Å². The van der Waals surface area contributed by atoms with E-state index < -0.39 is 11.4 Å². The van der Waals surface area contributed by atoms with Crippen molar-refractivity contribution < 1.29 is 14.7 Å². The minimum absolute atomic E-state index is 0.0135. The summed E-state index contributed by atoms with van der Waals surface area (Å²) in [6.45, 7) is 5.26. The third kappa shape index (κ3) is 2.42. The van der Waals surface area contributed by atoms with Gasteiger partial charge in [0.25, 0.3) is 0 Å². The molecule has 18 heavy (non-hydrogen) atoms. The summed E-state index contributed by atoms with van der Waals surface area (Å²) in [6, 6.07) is 0. The average molecular weight is 251 g/mol. The number of hydrogen-bond donors (Lipinski definition) is 1. The number of rotatable bonds is 4. The third-order valence-electron chi connectivity index (χ3n) is 4.48. The average Bonchev–Trinajstić information content (AvgIpc) is 2.33. The van der Waals surface area contributed by atoms with Crippen LogP contribution in [0.3, 0.4) is 0 Å². The first-order chi connectivity index (χ1) is 8.57. The zero-order valence-electron chi connectivity index (χ0n) is 10.7. The first-order valence-electron chi connectivity index (χ1n) is 6.71. The molecular formula is C14H21NO3. The second-order valence-electron chi connectivity index (χ2n) is 5.57. The molecule has 4 nitrogen and oxygen atoms in total. The van der Waals surface area contributed by atoms with E-state index in [0.29, 0.717) is 18.8 Å². The molecule has 0 aromatic heterocycles. The molecule has 1 saturated carbocycles. The molecule has 0 aromatic carbocycles. The molecule has 1 aliphatic heterocycles. The third-order valence-corrected chi connectivity index (χ3v) is 4.48. The van der Waals surface area contributed by atoms with Crippen LogP contribution in [0.2, 0.25) is 0 Å². The van der Waals surface area contributed by atoms with Crippen molar-refractivity contribution in [3.05, 3.63) is 12.7 Å². The quantitative estimate of drug-likeness (QED) is 0.778. The molecule has 0 unspecified atom stereocenters. The molecule has 1 aliphatic carbocycles. The molecule has 2 rings (SSSR count). The fourth-order valence-electron chi connectivity index (χ4n) is 2.86. The van der Waals surface area contributed by atoms with Crippen molar-refractivity contribution in [1.29, 1.82) is 0 Å². The highest BCUT2D eigenvalue weighted by molar-refractivity contribution is 5.85. The van der Waals surface area contributed by atoms with Crippen LogP contribution < -0.4 is 0 Å². The van der Waals surface area contributed by atoms with Gasteiger partial charge in [-0.15, -0.1) is 6.58 Å². The maximum Gasteiger partial charge on any atom is 0.310 e. The molecule has 4 heteroatoms. The van der Waals surface area contributed by atoms with Crippen LogP contribution in [0.5, 0.6) is 0 Å². The first-order valence-corrected chi connectivity index (χ1v) is 6.71. The van der Waals surface area contributed by atoms with E-state index in [1.807, 2.05) is 11.0 Å². The summed E-state index contributed by atoms with van der Waals surface area (Å²) < 4.78 is 0. The van der Waals surface area contributed by atoms with Crippen molar-refractivity contribution in [2.75, 3.05) is 13.1 Å². The lowest BCUT2D eigenvalue weighted by Gasteiger charge is -2.39. The molecule has 0 radical (unpaired) electrons. The summed E-state index contributed by atoms with van der Waals surface area (Å²) in [4.78, 5) is 25.2. The highest BCUT2D eigenvalue weighted by Crippen LogP contribution is 2.44. The Labute approximate surface area is 108 Å². The standard InChI is InChI=1S/C14H21NO3/c1-2-11-4-8-15(9-5-11)12(16)10-14(13(17)18)6-3-7-14/h2,11H,1,3-10H2,(H,17,18). The Morgan fingerprint density at radius 2 is 1.94 bits per heavy atom. The normalized spacial score (nSPS) is 23.2. The number of likely N-dealkylation sites (tertiary alicyclic amines) is 1. The number of piperidine rings is 1. The zero-order chi connectivity index (χ0) is 13.2. The van der Waals surface area contributed by atoms with Crippen LogP contribution in [0.4, 0.5) is 0 Å². The van der Waals surface area contributed by atoms with Crippen LogP contribution in [0, 0.1) is 11.3 Å². The zero-order valence-corrected chi connectivity index (χ0v) is 10.7. The van der Waals surface area contributed by atoms with Crippen molar-refractivity contribution >= 4 is 11.9 Å². The second-order valence-corrected chi connectivity index (χ2v) is 5.57. The summed E-state index contributed by atoms with van der Waals surface area (Å²) in [7, 11) is 0. The topological polar surface area (TPSA) is 57.6 Å². The Hall–Kier alpha value is -1.32. The van der Waals surface area contributed by atoms with E-state index >= 15 is 0 Å². The lowest BCUT2D eigenvalue weighted by atomic mass is 9.66. The lowest BCUT2D eigenvalue weighted by Crippen LogP contribution is -2.45. The molecule has 1 amide bonds. The highest BCUT2D eigenvalue weighted by atomic mass is 16.4. The molecule has 0 aromatic rings. The van der Waals surface area contributed by atoms with Crippen LogP contribution in [-0.4, -0.2) is 35.0 Å². The largest absolute Gasteiger partial charge is 0.481 e. The summed E-state index contributed by atoms with van der Waals surface area (Å²) >= 11 is 0. The number of carboxylic acid groups (broad SMARTS) is 1. The Balaban J connectivity index is 1.89. The van der Waals surface area contributed by atoms with Gasteiger partial charge in [0.05, 0.1) is 5.41 Å². The van der Waals surface area contributed by atoms with E-state index in [1.54, 1.807) is 0 Å². The monoisotopic (exact) mass is 251 g/mol. The van der Waals surface area contributed by atoms with Crippen LogP contribution in [0.15, 0.2) is 12.7 Å². The molecule has 0 spiro atoms. The predicted octanol–water partition coefficient (Wildman–Crippen LogP) is 2.06. The fraction of sp³-hybridized carbons (Fsp3) is 0.714. The van der Waals surface area contributed by atoms with E-state index in [9.17, 15) is 14.7 Å². The molecule has 1 heterocycles. The summed E-state index contributed by atoms with van der Waals surface area (Å²) in [5.74, 6) is -0.283. The highest BCUT2D eigenvalue weighted by Gasteiger charge is 2.46. The van der Waals surface area contributed by atoms with E-state index in [1.165, 1.54) is 0 Å². The van der Waals surface area contributed by atoms with Gasteiger partial charge in [0.2, 0.25) is 5.91 Å². The van der Waals surface area contributed by atoms with Crippen LogP contribution in [0.25, 0.3) is 0 Å². The molecule has 2 fully saturated rings. The molecule has 0 atom stereocenters. The van der Waals surface area contributed by atoms with Gasteiger partial charge in [0, 0.05) is 19.5 Å². The number of amides is 1. The molecule has 2 aliphatic rings. The second kappa shape index (κ2) is 5.12. The summed E-state index contributed by atoms with van der Waals surface area (Å²) in [6.07, 6.45) is 6.27. The van der Waals surface area contributed by atoms with Gasteiger partial charge < -0.3 is 10.0 Å². The maximum atomic E-state index is 12.1. The van der Waals surface area contributed by atoms with Gasteiger partial charge >= 0.3 is 5.97 Å². The van der Waals surface area contributed by atoms with E-state index in [4.69, 9.17) is 0 Å². The summed E-state index contributed by atoms with van der Waals surface area (Å²) in [5.41, 5.74) is -0.758. The minimum Gasteiger partial charge on any atom is -0.481 e. The molecule has 1 N–H and O–H groups in total. The minimum atomic E-state index is -0.803. The number of carboxylic acids is 1. The number of nitrogens with zero attached hydrogens (tertiary/aromatic N) is 1. The summed E-state index contributed by atoms with van der Waals surface area (Å²) in [5, 5.41) is 9.23. The van der Waals surface area contributed by atoms with Gasteiger partial charge in [0.1, 0.15) is 0 Å². The van der Waals surface area contributed by atoms with Crippen molar-refractivity contribution in [3.63, 3.8) is 0 Å².